The number of thiazole rings is 1. The number of nitrogens with zero attached hydrogens (tertiary/aromatic N) is 5. The predicted octanol–water partition coefficient (Wildman–Crippen LogP) is 2.87. The molecule has 1 fully saturated rings. The fourth-order valence-electron chi connectivity index (χ4n) is 5.62. The third-order valence-electron chi connectivity index (χ3n) is 7.88. The van der Waals surface area contributed by atoms with Crippen molar-refractivity contribution in [3.05, 3.63) is 88.6 Å². The molecule has 5 rings (SSSR count). The van der Waals surface area contributed by atoms with Crippen LogP contribution in [-0.4, -0.2) is 73.9 Å². The summed E-state index contributed by atoms with van der Waals surface area (Å²) >= 11 is 1.16. The Bertz CT molecular complexity index is 1800. The number of morpholine rings is 1. The molecule has 0 radical (unpaired) electrons. The number of carbonyl (C=O) groups excluding carboxylic acids is 1. The smallest absolute Gasteiger partial charge is 0.293 e. The van der Waals surface area contributed by atoms with Crippen molar-refractivity contribution in [2.45, 2.75) is 26.8 Å². The number of methoxy groups -OCH3 is 2. The number of amides is 1. The molecule has 0 N–H and O–H groups in total. The third kappa shape index (κ3) is 5.72. The molecule has 1 amide bonds. The van der Waals surface area contributed by atoms with Gasteiger partial charge >= 0.3 is 0 Å². The molecule has 2 aliphatic heterocycles. The number of hydrogen-bond donors (Lipinski definition) is 0. The van der Waals surface area contributed by atoms with Crippen LogP contribution in [0.15, 0.2) is 57.5 Å². The van der Waals surface area contributed by atoms with E-state index < -0.39 is 11.0 Å². The van der Waals surface area contributed by atoms with Crippen LogP contribution in [0.25, 0.3) is 6.08 Å². The number of carbonyl (C=O) groups is 1. The van der Waals surface area contributed by atoms with Crippen molar-refractivity contribution >= 4 is 34.7 Å². The van der Waals surface area contributed by atoms with E-state index in [0.717, 1.165) is 11.3 Å². The molecule has 12 nitrogen and oxygen atoms in total. The van der Waals surface area contributed by atoms with E-state index in [1.165, 1.54) is 17.7 Å². The Balaban J connectivity index is 1.70. The van der Waals surface area contributed by atoms with Crippen molar-refractivity contribution in [2.24, 2.45) is 4.99 Å². The zero-order valence-corrected chi connectivity index (χ0v) is 26.2. The van der Waals surface area contributed by atoms with Crippen LogP contribution >= 0.6 is 11.3 Å². The number of nitro groups is 1. The van der Waals surface area contributed by atoms with Gasteiger partial charge in [-0.15, -0.1) is 0 Å². The number of anilines is 1. The Kier molecular flexibility index (Phi) is 9.16. The van der Waals surface area contributed by atoms with E-state index in [4.69, 9.17) is 19.2 Å². The highest BCUT2D eigenvalue weighted by Gasteiger charge is 2.36. The van der Waals surface area contributed by atoms with E-state index in [0.29, 0.717) is 88.3 Å². The lowest BCUT2D eigenvalue weighted by Gasteiger charge is -2.30. The fraction of sp³-hybridized carbons (Fsp3) is 0.387. The van der Waals surface area contributed by atoms with Gasteiger partial charge in [0.15, 0.2) is 4.80 Å². The molecule has 1 atom stereocenters. The minimum absolute atomic E-state index is 0.0460. The van der Waals surface area contributed by atoms with E-state index in [1.807, 2.05) is 18.7 Å². The van der Waals surface area contributed by atoms with Gasteiger partial charge < -0.3 is 24.0 Å². The number of nitro benzene ring substituents is 1. The average molecular weight is 622 g/mol. The first-order chi connectivity index (χ1) is 21.2. The summed E-state index contributed by atoms with van der Waals surface area (Å²) in [5.41, 5.74) is 2.03. The van der Waals surface area contributed by atoms with Gasteiger partial charge in [0.05, 0.1) is 48.2 Å². The van der Waals surface area contributed by atoms with Crippen LogP contribution in [0, 0.1) is 10.1 Å². The second-order valence-corrected chi connectivity index (χ2v) is 11.3. The molecule has 232 valence electrons. The Morgan fingerprint density at radius 1 is 1.16 bits per heavy atom. The number of aromatic nitrogens is 1. The summed E-state index contributed by atoms with van der Waals surface area (Å²) in [7, 11) is 3.08. The highest BCUT2D eigenvalue weighted by atomic mass is 32.1. The van der Waals surface area contributed by atoms with Gasteiger partial charge in [-0.2, -0.15) is 0 Å². The monoisotopic (exact) mass is 621 g/mol. The van der Waals surface area contributed by atoms with Crippen molar-refractivity contribution < 1.29 is 23.9 Å². The first-order valence-electron chi connectivity index (χ1n) is 14.4. The molecule has 0 spiro atoms. The summed E-state index contributed by atoms with van der Waals surface area (Å²) in [6.07, 6.45) is 1.63. The zero-order chi connectivity index (χ0) is 31.5. The maximum absolute atomic E-state index is 14.2. The second kappa shape index (κ2) is 13.0. The topological polar surface area (TPSA) is 129 Å². The lowest BCUT2D eigenvalue weighted by Crippen LogP contribution is -2.43. The van der Waals surface area contributed by atoms with Crippen LogP contribution in [0.5, 0.6) is 11.5 Å². The number of allylic oxidation sites excluding steroid dienone is 1. The maximum Gasteiger partial charge on any atom is 0.293 e. The molecule has 1 saturated heterocycles. The lowest BCUT2D eigenvalue weighted by atomic mass is 9.93. The number of rotatable bonds is 9. The molecule has 2 aliphatic rings. The van der Waals surface area contributed by atoms with Crippen LogP contribution < -0.4 is 29.3 Å². The Hall–Kier alpha value is -4.49. The molecule has 0 saturated carbocycles. The molecular weight excluding hydrogens is 586 g/mol. The van der Waals surface area contributed by atoms with Crippen LogP contribution in [-0.2, 0) is 9.53 Å². The fourth-order valence-corrected chi connectivity index (χ4v) is 6.67. The van der Waals surface area contributed by atoms with Crippen molar-refractivity contribution in [3.63, 3.8) is 0 Å². The summed E-state index contributed by atoms with van der Waals surface area (Å²) in [5.74, 6) is 0.800. The standard InChI is InChI=1S/C31H35N5O7S/c1-6-33(7-2)30(38)27-19(3)32-31-35(28(27)22-18-21(41-4)9-11-25(22)42-5)29(37)26(44-31)17-20-8-10-23(24(16-20)36(39)40)34-12-14-43-15-13-34/h8-11,16-18,28H,6-7,12-15H2,1-5H3/b26-17-/t28-/m1/s1. The summed E-state index contributed by atoms with van der Waals surface area (Å²) in [5, 5.41) is 12.0. The van der Waals surface area contributed by atoms with Gasteiger partial charge in [-0.25, -0.2) is 4.99 Å². The zero-order valence-electron chi connectivity index (χ0n) is 25.4. The summed E-state index contributed by atoms with van der Waals surface area (Å²) in [4.78, 5) is 48.5. The average Bonchev–Trinajstić information content (AvgIpc) is 3.34. The van der Waals surface area contributed by atoms with Gasteiger partial charge in [-0.3, -0.25) is 24.3 Å². The first-order valence-corrected chi connectivity index (χ1v) is 15.2. The number of hydrogen-bond acceptors (Lipinski definition) is 10. The van der Waals surface area contributed by atoms with Gasteiger partial charge in [-0.1, -0.05) is 17.4 Å². The van der Waals surface area contributed by atoms with Crippen LogP contribution in [0.2, 0.25) is 0 Å². The summed E-state index contributed by atoms with van der Waals surface area (Å²) in [6.45, 7) is 8.64. The van der Waals surface area contributed by atoms with E-state index in [1.54, 1.807) is 55.3 Å². The highest BCUT2D eigenvalue weighted by Crippen LogP contribution is 2.38. The largest absolute Gasteiger partial charge is 0.497 e. The van der Waals surface area contributed by atoms with E-state index >= 15 is 0 Å². The second-order valence-electron chi connectivity index (χ2n) is 10.3. The van der Waals surface area contributed by atoms with Crippen molar-refractivity contribution in [2.75, 3.05) is 58.5 Å². The minimum atomic E-state index is -0.843. The molecule has 1 aromatic heterocycles. The van der Waals surface area contributed by atoms with Crippen LogP contribution in [0.3, 0.4) is 0 Å². The molecule has 13 heteroatoms. The molecule has 0 unspecified atom stereocenters. The summed E-state index contributed by atoms with van der Waals surface area (Å²) in [6, 6.07) is 9.37. The maximum atomic E-state index is 14.2. The molecule has 3 heterocycles. The van der Waals surface area contributed by atoms with E-state index in [2.05, 4.69) is 0 Å². The predicted molar refractivity (Wildman–Crippen MR) is 167 cm³/mol. The quantitative estimate of drug-likeness (QED) is 0.264. The van der Waals surface area contributed by atoms with Gasteiger partial charge in [0.2, 0.25) is 0 Å². The lowest BCUT2D eigenvalue weighted by molar-refractivity contribution is -0.384. The van der Waals surface area contributed by atoms with Crippen molar-refractivity contribution in [1.82, 2.24) is 9.47 Å². The van der Waals surface area contributed by atoms with Gasteiger partial charge in [0.25, 0.3) is 17.2 Å². The molecule has 2 aromatic carbocycles. The molecule has 0 aliphatic carbocycles. The summed E-state index contributed by atoms with van der Waals surface area (Å²) < 4.78 is 18.4. The molecular formula is C31H35N5O7S. The van der Waals surface area contributed by atoms with Gasteiger partial charge in [0, 0.05) is 37.8 Å². The Labute approximate surface area is 258 Å². The Morgan fingerprint density at radius 2 is 1.89 bits per heavy atom. The number of fused-ring (bicyclic) bond motifs is 1. The van der Waals surface area contributed by atoms with Crippen molar-refractivity contribution in [3.8, 4) is 11.5 Å². The van der Waals surface area contributed by atoms with E-state index in [-0.39, 0.29) is 17.2 Å². The normalized spacial score (nSPS) is 16.8. The Morgan fingerprint density at radius 3 is 2.52 bits per heavy atom. The third-order valence-corrected chi connectivity index (χ3v) is 8.86. The molecule has 44 heavy (non-hydrogen) atoms. The SMILES string of the molecule is CCN(CC)C(=O)C1=C(C)N=c2s/c(=C\c3ccc(N4CCOCC4)c([N+](=O)[O-])c3)c(=O)n2[C@@H]1c1cc(OC)ccc1OC. The van der Waals surface area contributed by atoms with E-state index in [9.17, 15) is 19.7 Å². The minimum Gasteiger partial charge on any atom is -0.497 e. The molecule has 0 bridgehead atoms. The van der Waals surface area contributed by atoms with Crippen LogP contribution in [0.1, 0.15) is 37.9 Å². The first kappa shape index (κ1) is 31.0. The molecule has 3 aromatic rings. The number of ether oxygens (including phenoxy) is 3. The van der Waals surface area contributed by atoms with Crippen LogP contribution in [0.4, 0.5) is 11.4 Å². The number of benzene rings is 2. The van der Waals surface area contributed by atoms with Gasteiger partial charge in [0.1, 0.15) is 23.2 Å². The number of likely N-dealkylation sites (N-methyl/N-ethyl adjacent to an activating group) is 1. The van der Waals surface area contributed by atoms with Crippen molar-refractivity contribution in [1.29, 1.82) is 0 Å². The van der Waals surface area contributed by atoms with Gasteiger partial charge in [-0.05, 0) is 56.7 Å². The highest BCUT2D eigenvalue weighted by molar-refractivity contribution is 7.07.